The number of carbonyl (C=O) groups is 2. The van der Waals surface area contributed by atoms with Crippen LogP contribution in [0.5, 0.6) is 0 Å². The molecule has 0 spiro atoms. The highest BCUT2D eigenvalue weighted by Gasteiger charge is 2.17. The van der Waals surface area contributed by atoms with Gasteiger partial charge in [0.25, 0.3) is 5.69 Å². The number of rotatable bonds is 8. The molecule has 2 amide bonds. The molecule has 0 unspecified atom stereocenters. The Bertz CT molecular complexity index is 1230. The number of thioether (sulfide) groups is 1. The van der Waals surface area contributed by atoms with Crippen molar-refractivity contribution in [3.05, 3.63) is 67.9 Å². The van der Waals surface area contributed by atoms with Crippen molar-refractivity contribution in [2.75, 3.05) is 16.4 Å². The quantitative estimate of drug-likeness (QED) is 0.264. The summed E-state index contributed by atoms with van der Waals surface area (Å²) in [6.45, 7) is 1.74. The molecule has 1 heterocycles. The number of anilines is 2. The van der Waals surface area contributed by atoms with Gasteiger partial charge in [0.05, 0.1) is 38.5 Å². The molecule has 172 valence electrons. The SMILES string of the molecule is Cc1ccc([N+](=O)[O-])cc1NC(=O)CSc1nnc(CC(=O)Nc2cccc(Cl)c2Cl)n1C. The number of benzene rings is 2. The first-order valence-corrected chi connectivity index (χ1v) is 11.2. The minimum absolute atomic E-state index is 0.00156. The number of nitro benzene ring substituents is 1. The summed E-state index contributed by atoms with van der Waals surface area (Å²) in [6, 6.07) is 9.16. The van der Waals surface area contributed by atoms with Crippen LogP contribution in [0.25, 0.3) is 0 Å². The first kappa shape index (κ1) is 24.5. The van der Waals surface area contributed by atoms with Gasteiger partial charge in [-0.05, 0) is 24.6 Å². The average molecular weight is 509 g/mol. The van der Waals surface area contributed by atoms with Gasteiger partial charge in [-0.3, -0.25) is 19.7 Å². The smallest absolute Gasteiger partial charge is 0.271 e. The molecule has 2 N–H and O–H groups in total. The maximum Gasteiger partial charge on any atom is 0.271 e. The van der Waals surface area contributed by atoms with Crippen LogP contribution in [0.3, 0.4) is 0 Å². The molecule has 0 saturated heterocycles. The van der Waals surface area contributed by atoms with Gasteiger partial charge in [0.2, 0.25) is 11.8 Å². The van der Waals surface area contributed by atoms with Gasteiger partial charge in [0.15, 0.2) is 5.16 Å². The van der Waals surface area contributed by atoms with Gasteiger partial charge in [0, 0.05) is 19.2 Å². The Hall–Kier alpha value is -3.15. The van der Waals surface area contributed by atoms with Crippen molar-refractivity contribution in [3.8, 4) is 0 Å². The van der Waals surface area contributed by atoms with Crippen molar-refractivity contribution in [1.29, 1.82) is 0 Å². The van der Waals surface area contributed by atoms with E-state index in [0.29, 0.717) is 32.9 Å². The van der Waals surface area contributed by atoms with Gasteiger partial charge in [-0.1, -0.05) is 47.1 Å². The van der Waals surface area contributed by atoms with E-state index in [1.54, 1.807) is 42.8 Å². The Morgan fingerprint density at radius 3 is 2.58 bits per heavy atom. The predicted molar refractivity (Wildman–Crippen MR) is 127 cm³/mol. The van der Waals surface area contributed by atoms with Gasteiger partial charge in [-0.2, -0.15) is 0 Å². The molecular weight excluding hydrogens is 491 g/mol. The van der Waals surface area contributed by atoms with E-state index in [4.69, 9.17) is 23.2 Å². The topological polar surface area (TPSA) is 132 Å². The number of nitrogens with one attached hydrogen (secondary N) is 2. The highest BCUT2D eigenvalue weighted by atomic mass is 35.5. The van der Waals surface area contributed by atoms with Crippen molar-refractivity contribution in [2.45, 2.75) is 18.5 Å². The lowest BCUT2D eigenvalue weighted by atomic mass is 10.2. The van der Waals surface area contributed by atoms with Crippen LogP contribution in [0.2, 0.25) is 10.0 Å². The minimum Gasteiger partial charge on any atom is -0.325 e. The molecule has 10 nitrogen and oxygen atoms in total. The number of nitrogens with zero attached hydrogens (tertiary/aromatic N) is 4. The van der Waals surface area contributed by atoms with E-state index in [1.807, 2.05) is 0 Å². The zero-order valence-corrected chi connectivity index (χ0v) is 19.8. The van der Waals surface area contributed by atoms with Crippen LogP contribution in [-0.2, 0) is 23.1 Å². The average Bonchev–Trinajstić information content (AvgIpc) is 3.10. The summed E-state index contributed by atoms with van der Waals surface area (Å²) in [5.41, 5.74) is 1.34. The van der Waals surface area contributed by atoms with Crippen LogP contribution in [0.4, 0.5) is 17.1 Å². The summed E-state index contributed by atoms with van der Waals surface area (Å²) in [7, 11) is 1.68. The summed E-state index contributed by atoms with van der Waals surface area (Å²) in [5.74, 6) is -0.326. The van der Waals surface area contributed by atoms with Gasteiger partial charge in [0.1, 0.15) is 5.82 Å². The van der Waals surface area contributed by atoms with E-state index < -0.39 is 4.92 Å². The molecule has 0 aliphatic rings. The Morgan fingerprint density at radius 1 is 1.12 bits per heavy atom. The molecule has 0 fully saturated rings. The van der Waals surface area contributed by atoms with E-state index in [2.05, 4.69) is 20.8 Å². The summed E-state index contributed by atoms with van der Waals surface area (Å²) >= 11 is 13.2. The molecule has 0 saturated carbocycles. The number of nitro groups is 1. The molecule has 0 aliphatic carbocycles. The second-order valence-electron chi connectivity index (χ2n) is 6.88. The third kappa shape index (κ3) is 6.21. The number of carbonyl (C=O) groups excluding carboxylic acids is 2. The van der Waals surface area contributed by atoms with E-state index in [9.17, 15) is 19.7 Å². The van der Waals surface area contributed by atoms with Gasteiger partial charge in [-0.25, -0.2) is 0 Å². The third-order valence-corrected chi connectivity index (χ3v) is 6.35. The van der Waals surface area contributed by atoms with Crippen LogP contribution in [0.1, 0.15) is 11.4 Å². The molecular formula is C20H18Cl2N6O4S. The largest absolute Gasteiger partial charge is 0.325 e. The van der Waals surface area contributed by atoms with Crippen molar-refractivity contribution < 1.29 is 14.5 Å². The zero-order chi connectivity index (χ0) is 24.1. The third-order valence-electron chi connectivity index (χ3n) is 4.51. The second-order valence-corrected chi connectivity index (χ2v) is 8.60. The molecule has 1 aromatic heterocycles. The molecule has 13 heteroatoms. The standard InChI is InChI=1S/C20H18Cl2N6O4S/c1-11-6-7-12(28(31)32)8-15(11)24-18(30)10-33-20-26-25-16(27(20)2)9-17(29)23-14-5-3-4-13(21)19(14)22/h3-8H,9-10H2,1-2H3,(H,23,29)(H,24,30). The number of aryl methyl sites for hydroxylation is 1. The minimum atomic E-state index is -0.526. The normalized spacial score (nSPS) is 10.7. The molecule has 0 radical (unpaired) electrons. The van der Waals surface area contributed by atoms with Crippen molar-refractivity contribution in [1.82, 2.24) is 14.8 Å². The first-order chi connectivity index (χ1) is 15.7. The van der Waals surface area contributed by atoms with Crippen molar-refractivity contribution in [3.63, 3.8) is 0 Å². The molecule has 33 heavy (non-hydrogen) atoms. The fourth-order valence-corrected chi connectivity index (χ4v) is 3.82. The van der Waals surface area contributed by atoms with Gasteiger partial charge >= 0.3 is 0 Å². The number of aromatic nitrogens is 3. The monoisotopic (exact) mass is 508 g/mol. The maximum absolute atomic E-state index is 12.4. The predicted octanol–water partition coefficient (Wildman–Crippen LogP) is 4.25. The molecule has 3 aromatic rings. The van der Waals surface area contributed by atoms with Crippen LogP contribution >= 0.6 is 35.0 Å². The number of amides is 2. The number of hydrogen-bond donors (Lipinski definition) is 2. The van der Waals surface area contributed by atoms with E-state index in [0.717, 1.165) is 11.8 Å². The molecule has 0 atom stereocenters. The van der Waals surface area contributed by atoms with Crippen LogP contribution in [0, 0.1) is 17.0 Å². The van der Waals surface area contributed by atoms with Gasteiger partial charge in [-0.15, -0.1) is 10.2 Å². The highest BCUT2D eigenvalue weighted by Crippen LogP contribution is 2.29. The van der Waals surface area contributed by atoms with Gasteiger partial charge < -0.3 is 15.2 Å². The second kappa shape index (κ2) is 10.6. The van der Waals surface area contributed by atoms with Crippen LogP contribution < -0.4 is 10.6 Å². The molecule has 0 aliphatic heterocycles. The lowest BCUT2D eigenvalue weighted by molar-refractivity contribution is -0.384. The lowest BCUT2D eigenvalue weighted by Gasteiger charge is -2.09. The molecule has 2 aromatic carbocycles. The molecule has 0 bridgehead atoms. The van der Waals surface area contributed by atoms with E-state index in [1.165, 1.54) is 12.1 Å². The zero-order valence-electron chi connectivity index (χ0n) is 17.5. The fraction of sp³-hybridized carbons (Fsp3) is 0.200. The van der Waals surface area contributed by atoms with E-state index >= 15 is 0 Å². The lowest BCUT2D eigenvalue weighted by Crippen LogP contribution is -2.17. The fourth-order valence-electron chi connectivity index (χ4n) is 2.74. The molecule has 3 rings (SSSR count). The van der Waals surface area contributed by atoms with Crippen LogP contribution in [0.15, 0.2) is 41.6 Å². The Labute approximate surface area is 202 Å². The Kier molecular flexibility index (Phi) is 7.90. The van der Waals surface area contributed by atoms with Crippen molar-refractivity contribution in [2.24, 2.45) is 7.05 Å². The van der Waals surface area contributed by atoms with E-state index in [-0.39, 0.29) is 34.7 Å². The Balaban J connectivity index is 1.58. The summed E-state index contributed by atoms with van der Waals surface area (Å²) < 4.78 is 1.61. The number of non-ortho nitro benzene ring substituents is 1. The number of halogens is 2. The Morgan fingerprint density at radius 2 is 1.85 bits per heavy atom. The first-order valence-electron chi connectivity index (χ1n) is 9.45. The summed E-state index contributed by atoms with van der Waals surface area (Å²) in [6.07, 6.45) is -0.0635. The number of hydrogen-bond acceptors (Lipinski definition) is 7. The highest BCUT2D eigenvalue weighted by molar-refractivity contribution is 7.99. The maximum atomic E-state index is 12.4. The summed E-state index contributed by atoms with van der Waals surface area (Å²) in [5, 5.41) is 25.3. The summed E-state index contributed by atoms with van der Waals surface area (Å²) in [4.78, 5) is 35.1. The van der Waals surface area contributed by atoms with Crippen LogP contribution in [-0.4, -0.2) is 37.3 Å². The van der Waals surface area contributed by atoms with Crippen molar-refractivity contribution >= 4 is 63.8 Å².